The van der Waals surface area contributed by atoms with E-state index in [4.69, 9.17) is 16.7 Å². The van der Waals surface area contributed by atoms with Crippen LogP contribution in [0.2, 0.25) is 5.02 Å². The number of aromatic carboxylic acids is 1. The first-order chi connectivity index (χ1) is 6.68. The third-order valence-corrected chi connectivity index (χ3v) is 2.38. The zero-order chi connectivity index (χ0) is 10.1. The van der Waals surface area contributed by atoms with E-state index in [1.807, 2.05) is 24.3 Å². The van der Waals surface area contributed by atoms with Gasteiger partial charge in [-0.2, -0.15) is 0 Å². The average molecular weight is 272 g/mol. The van der Waals surface area contributed by atoms with Gasteiger partial charge in [-0.1, -0.05) is 35.9 Å². The van der Waals surface area contributed by atoms with Gasteiger partial charge in [0.05, 0.1) is 10.6 Å². The monoisotopic (exact) mass is 270 g/mol. The molecule has 15 heavy (non-hydrogen) atoms. The van der Waals surface area contributed by atoms with Gasteiger partial charge in [0.2, 0.25) is 0 Å². The number of benzene rings is 2. The third-order valence-electron chi connectivity index (χ3n) is 2.07. The second-order valence-electron chi connectivity index (χ2n) is 2.98. The summed E-state index contributed by atoms with van der Waals surface area (Å²) in [6.07, 6.45) is 0. The van der Waals surface area contributed by atoms with E-state index in [1.54, 1.807) is 12.1 Å². The van der Waals surface area contributed by atoms with Gasteiger partial charge in [0.25, 0.3) is 0 Å². The van der Waals surface area contributed by atoms with Crippen molar-refractivity contribution in [2.24, 2.45) is 0 Å². The van der Waals surface area contributed by atoms with Crippen LogP contribution in [0.5, 0.6) is 0 Å². The zero-order valence-electron chi connectivity index (χ0n) is 7.90. The number of hydrogen-bond acceptors (Lipinski definition) is 1. The second-order valence-corrected chi connectivity index (χ2v) is 3.39. The Kier molecular flexibility index (Phi) is 3.84. The molecule has 0 unspecified atom stereocenters. The first-order valence-corrected chi connectivity index (χ1v) is 4.48. The fourth-order valence-electron chi connectivity index (χ4n) is 1.38. The van der Waals surface area contributed by atoms with Crippen molar-refractivity contribution in [1.29, 1.82) is 0 Å². The number of fused-ring (bicyclic) bond motifs is 1. The maximum absolute atomic E-state index is 10.8. The maximum atomic E-state index is 10.8. The molecule has 0 aliphatic heterocycles. The van der Waals surface area contributed by atoms with E-state index in [2.05, 4.69) is 0 Å². The van der Waals surface area contributed by atoms with Gasteiger partial charge in [-0.25, -0.2) is 4.79 Å². The summed E-state index contributed by atoms with van der Waals surface area (Å²) in [6.45, 7) is 0. The molecule has 1 N–H and O–H groups in total. The number of carboxylic acids is 1. The molecule has 0 radical (unpaired) electrons. The maximum Gasteiger partial charge on any atom is 0.337 e. The molecule has 2 rings (SSSR count). The zero-order valence-corrected chi connectivity index (χ0v) is 11.6. The quantitative estimate of drug-likeness (QED) is 0.809. The summed E-state index contributed by atoms with van der Waals surface area (Å²) in [7, 11) is 0. The standard InChI is InChI=1S/C11H7ClO2.Zn/c12-10-6-8-4-2-1-3-7(8)5-9(10)11(13)14;/h1-6H,(H,13,14);. The van der Waals surface area contributed by atoms with Gasteiger partial charge in [0.15, 0.2) is 0 Å². The van der Waals surface area contributed by atoms with Gasteiger partial charge in [-0.3, -0.25) is 0 Å². The Balaban J connectivity index is 0.00000112. The fraction of sp³-hybridized carbons (Fsp3) is 0. The summed E-state index contributed by atoms with van der Waals surface area (Å²) >= 11 is 5.82. The van der Waals surface area contributed by atoms with E-state index < -0.39 is 5.97 Å². The number of halogens is 1. The first-order valence-electron chi connectivity index (χ1n) is 4.10. The topological polar surface area (TPSA) is 37.3 Å². The fourth-order valence-corrected chi connectivity index (χ4v) is 1.63. The molecule has 2 aromatic carbocycles. The summed E-state index contributed by atoms with van der Waals surface area (Å²) in [5.41, 5.74) is 0.144. The number of rotatable bonds is 1. The molecular weight excluding hydrogens is 265 g/mol. The van der Waals surface area contributed by atoms with Crippen molar-refractivity contribution in [3.05, 3.63) is 47.0 Å². The van der Waals surface area contributed by atoms with Crippen LogP contribution in [0, 0.1) is 0 Å². The van der Waals surface area contributed by atoms with Crippen LogP contribution in [0.3, 0.4) is 0 Å². The van der Waals surface area contributed by atoms with E-state index in [0.717, 1.165) is 10.8 Å². The van der Waals surface area contributed by atoms with Crippen molar-refractivity contribution >= 4 is 28.3 Å². The van der Waals surface area contributed by atoms with Crippen molar-refractivity contribution < 1.29 is 29.4 Å². The van der Waals surface area contributed by atoms with Gasteiger partial charge in [-0.05, 0) is 22.9 Å². The van der Waals surface area contributed by atoms with Gasteiger partial charge < -0.3 is 5.11 Å². The van der Waals surface area contributed by atoms with Crippen LogP contribution in [0.15, 0.2) is 36.4 Å². The van der Waals surface area contributed by atoms with Crippen molar-refractivity contribution in [3.8, 4) is 0 Å². The molecule has 0 aromatic heterocycles. The Labute approximate surface area is 105 Å². The molecule has 0 aliphatic carbocycles. The van der Waals surface area contributed by atoms with Gasteiger partial charge in [0.1, 0.15) is 0 Å². The Morgan fingerprint density at radius 1 is 1.13 bits per heavy atom. The largest absolute Gasteiger partial charge is 0.478 e. The Morgan fingerprint density at radius 2 is 1.67 bits per heavy atom. The molecule has 0 aliphatic rings. The van der Waals surface area contributed by atoms with Crippen molar-refractivity contribution in [2.45, 2.75) is 0 Å². The van der Waals surface area contributed by atoms with Crippen LogP contribution in [0.4, 0.5) is 0 Å². The molecule has 2 nitrogen and oxygen atoms in total. The second kappa shape index (κ2) is 4.74. The smallest absolute Gasteiger partial charge is 0.337 e. The Morgan fingerprint density at radius 3 is 2.20 bits per heavy atom. The molecule has 0 bridgehead atoms. The van der Waals surface area contributed by atoms with E-state index >= 15 is 0 Å². The number of hydrogen-bond donors (Lipinski definition) is 1. The minimum absolute atomic E-state index is 0. The minimum atomic E-state index is -0.999. The summed E-state index contributed by atoms with van der Waals surface area (Å²) in [6, 6.07) is 10.8. The van der Waals surface area contributed by atoms with Crippen LogP contribution < -0.4 is 0 Å². The first kappa shape index (κ1) is 12.2. The molecule has 0 amide bonds. The summed E-state index contributed by atoms with van der Waals surface area (Å²) < 4.78 is 0. The average Bonchev–Trinajstić information content (AvgIpc) is 2.16. The van der Waals surface area contributed by atoms with Gasteiger partial charge in [0, 0.05) is 19.5 Å². The van der Waals surface area contributed by atoms with Crippen molar-refractivity contribution in [1.82, 2.24) is 0 Å². The molecule has 72 valence electrons. The molecule has 0 spiro atoms. The molecule has 2 aromatic rings. The van der Waals surface area contributed by atoms with E-state index in [-0.39, 0.29) is 30.1 Å². The van der Waals surface area contributed by atoms with Gasteiger partial charge in [-0.15, -0.1) is 0 Å². The van der Waals surface area contributed by atoms with Crippen molar-refractivity contribution in [2.75, 3.05) is 0 Å². The predicted octanol–water partition coefficient (Wildman–Crippen LogP) is 3.19. The molecule has 0 heterocycles. The van der Waals surface area contributed by atoms with E-state index in [0.29, 0.717) is 0 Å². The molecule has 0 fully saturated rings. The van der Waals surface area contributed by atoms with Gasteiger partial charge >= 0.3 is 5.97 Å². The normalized spacial score (nSPS) is 9.67. The molecule has 0 saturated heterocycles. The van der Waals surface area contributed by atoms with E-state index in [1.165, 1.54) is 0 Å². The Bertz CT molecular complexity index is 511. The molecule has 0 saturated carbocycles. The third kappa shape index (κ3) is 2.36. The molecular formula is C11H7ClO2Zn. The van der Waals surface area contributed by atoms with Crippen LogP contribution in [-0.2, 0) is 19.5 Å². The number of carbonyl (C=O) groups is 1. The van der Waals surface area contributed by atoms with E-state index in [9.17, 15) is 4.79 Å². The molecule has 0 atom stereocenters. The predicted molar refractivity (Wildman–Crippen MR) is 55.9 cm³/mol. The SMILES string of the molecule is O=C(O)c1cc2ccccc2cc1Cl.[Zn]. The molecule has 4 heteroatoms. The summed E-state index contributed by atoms with van der Waals surface area (Å²) in [5, 5.41) is 10.9. The number of carboxylic acid groups (broad SMARTS) is 1. The van der Waals surface area contributed by atoms with Crippen molar-refractivity contribution in [3.63, 3.8) is 0 Å². The minimum Gasteiger partial charge on any atom is -0.478 e. The Hall–Kier alpha value is -0.917. The summed E-state index contributed by atoms with van der Waals surface area (Å²) in [4.78, 5) is 10.8. The van der Waals surface area contributed by atoms with Crippen LogP contribution >= 0.6 is 11.6 Å². The van der Waals surface area contributed by atoms with Crippen LogP contribution in [-0.4, -0.2) is 11.1 Å². The van der Waals surface area contributed by atoms with Crippen LogP contribution in [0.1, 0.15) is 10.4 Å². The van der Waals surface area contributed by atoms with Crippen LogP contribution in [0.25, 0.3) is 10.8 Å². The summed E-state index contributed by atoms with van der Waals surface area (Å²) in [5.74, 6) is -0.999.